The van der Waals surface area contributed by atoms with Gasteiger partial charge in [0.25, 0.3) is 0 Å². The van der Waals surface area contributed by atoms with E-state index < -0.39 is 0 Å². The predicted molar refractivity (Wildman–Crippen MR) is 153 cm³/mol. The molecule has 0 atom stereocenters. The average molecular weight is 460 g/mol. The van der Waals surface area contributed by atoms with Gasteiger partial charge >= 0.3 is 0 Å². The molecule has 0 bridgehead atoms. The number of hydrogen-bond acceptors (Lipinski definition) is 0. The summed E-state index contributed by atoms with van der Waals surface area (Å²) in [7, 11) is 0. The molecule has 8 rings (SSSR count). The summed E-state index contributed by atoms with van der Waals surface area (Å²) in [4.78, 5) is 0. The number of rotatable bonds is 1. The Hall–Kier alpha value is -4.36. The van der Waals surface area contributed by atoms with E-state index in [0.29, 0.717) is 0 Å². The lowest BCUT2D eigenvalue weighted by atomic mass is 9.80. The molecule has 0 unspecified atom stereocenters. The summed E-state index contributed by atoms with van der Waals surface area (Å²) >= 11 is 0. The van der Waals surface area contributed by atoms with Gasteiger partial charge in [-0.1, -0.05) is 105 Å². The van der Waals surface area contributed by atoms with Crippen LogP contribution >= 0.6 is 0 Å². The Morgan fingerprint density at radius 1 is 0.528 bits per heavy atom. The zero-order valence-electron chi connectivity index (χ0n) is 20.4. The van der Waals surface area contributed by atoms with E-state index in [0.717, 1.165) is 0 Å². The minimum Gasteiger partial charge on any atom is -0.309 e. The number of nitrogens with zero attached hydrogens (tertiary/aromatic N) is 1. The highest BCUT2D eigenvalue weighted by Crippen LogP contribution is 2.52. The molecule has 170 valence electrons. The molecule has 1 aliphatic rings. The van der Waals surface area contributed by atoms with Crippen LogP contribution in [0, 0.1) is 0 Å². The van der Waals surface area contributed by atoms with Crippen LogP contribution in [0.3, 0.4) is 0 Å². The normalized spacial score (nSPS) is 14.1. The smallest absolute Gasteiger partial charge is 0.0547 e. The maximum Gasteiger partial charge on any atom is 0.0547 e. The molecular weight excluding hydrogens is 434 g/mol. The van der Waals surface area contributed by atoms with E-state index in [9.17, 15) is 0 Å². The van der Waals surface area contributed by atoms with Crippen molar-refractivity contribution in [1.82, 2.24) is 4.57 Å². The maximum absolute atomic E-state index is 2.43. The van der Waals surface area contributed by atoms with Gasteiger partial charge in [-0.2, -0.15) is 0 Å². The first kappa shape index (κ1) is 19.9. The van der Waals surface area contributed by atoms with Crippen molar-refractivity contribution in [2.24, 2.45) is 0 Å². The Kier molecular flexibility index (Phi) is 3.79. The molecule has 0 radical (unpaired) electrons. The largest absolute Gasteiger partial charge is 0.309 e. The van der Waals surface area contributed by atoms with Crippen molar-refractivity contribution in [2.75, 3.05) is 0 Å². The summed E-state index contributed by atoms with van der Waals surface area (Å²) in [6.45, 7) is 4.75. The van der Waals surface area contributed by atoms with Crippen LogP contribution < -0.4 is 0 Å². The van der Waals surface area contributed by atoms with Crippen molar-refractivity contribution < 1.29 is 0 Å². The van der Waals surface area contributed by atoms with Gasteiger partial charge < -0.3 is 4.57 Å². The Labute approximate surface area is 210 Å². The second-order valence-corrected chi connectivity index (χ2v) is 10.6. The third-order valence-corrected chi connectivity index (χ3v) is 8.34. The lowest BCUT2D eigenvalue weighted by Crippen LogP contribution is -2.15. The van der Waals surface area contributed by atoms with Gasteiger partial charge in [-0.25, -0.2) is 0 Å². The Balaban J connectivity index is 1.50. The summed E-state index contributed by atoms with van der Waals surface area (Å²) in [5, 5.41) is 7.87. The highest BCUT2D eigenvalue weighted by molar-refractivity contribution is 6.22. The van der Waals surface area contributed by atoms with Crippen molar-refractivity contribution in [3.63, 3.8) is 0 Å². The van der Waals surface area contributed by atoms with Crippen LogP contribution in [0.15, 0.2) is 115 Å². The molecule has 7 aromatic rings. The molecule has 6 aromatic carbocycles. The zero-order chi connectivity index (χ0) is 24.0. The van der Waals surface area contributed by atoms with Crippen molar-refractivity contribution in [3.05, 3.63) is 126 Å². The van der Waals surface area contributed by atoms with Crippen LogP contribution in [-0.4, -0.2) is 4.57 Å². The summed E-state index contributed by atoms with van der Waals surface area (Å²) in [6.07, 6.45) is 0. The van der Waals surface area contributed by atoms with Crippen molar-refractivity contribution in [1.29, 1.82) is 0 Å². The van der Waals surface area contributed by atoms with Crippen molar-refractivity contribution >= 4 is 43.4 Å². The lowest BCUT2D eigenvalue weighted by Gasteiger charge is -2.23. The molecule has 0 saturated carbocycles. The van der Waals surface area contributed by atoms with Gasteiger partial charge in [0, 0.05) is 21.9 Å². The second kappa shape index (κ2) is 6.86. The second-order valence-electron chi connectivity index (χ2n) is 10.6. The van der Waals surface area contributed by atoms with E-state index in [1.165, 1.54) is 71.3 Å². The fourth-order valence-electron chi connectivity index (χ4n) is 6.76. The molecule has 1 aromatic heterocycles. The molecule has 0 spiro atoms. The summed E-state index contributed by atoms with van der Waals surface area (Å²) in [6, 6.07) is 42.6. The van der Waals surface area contributed by atoms with Gasteiger partial charge in [0.05, 0.1) is 11.0 Å². The van der Waals surface area contributed by atoms with Crippen molar-refractivity contribution in [2.45, 2.75) is 19.3 Å². The van der Waals surface area contributed by atoms with Gasteiger partial charge in [-0.05, 0) is 68.1 Å². The SMILES string of the molecule is CC1(C)c2ccccc2-c2ccc3c(ccc4c3c3ccccc3n4-c3ccc4ccccc4c3)c21. The highest BCUT2D eigenvalue weighted by atomic mass is 15.0. The molecular formula is C35H25N. The summed E-state index contributed by atoms with van der Waals surface area (Å²) in [5.74, 6) is 0. The molecule has 1 nitrogen and oxygen atoms in total. The molecule has 1 heteroatoms. The van der Waals surface area contributed by atoms with Crippen LogP contribution in [-0.2, 0) is 5.41 Å². The molecule has 1 heterocycles. The van der Waals surface area contributed by atoms with Crippen LogP contribution in [0.25, 0.3) is 60.2 Å². The first-order valence-electron chi connectivity index (χ1n) is 12.7. The number of hydrogen-bond donors (Lipinski definition) is 0. The average Bonchev–Trinajstić information content (AvgIpc) is 3.38. The first-order valence-corrected chi connectivity index (χ1v) is 12.7. The molecule has 0 saturated heterocycles. The first-order chi connectivity index (χ1) is 17.6. The third-order valence-electron chi connectivity index (χ3n) is 8.34. The minimum absolute atomic E-state index is 0.0319. The fourth-order valence-corrected chi connectivity index (χ4v) is 6.76. The van der Waals surface area contributed by atoms with Gasteiger partial charge in [0.1, 0.15) is 0 Å². The van der Waals surface area contributed by atoms with E-state index in [4.69, 9.17) is 0 Å². The topological polar surface area (TPSA) is 4.93 Å². The Morgan fingerprint density at radius 3 is 2.19 bits per heavy atom. The summed E-state index contributed by atoms with van der Waals surface area (Å²) < 4.78 is 2.43. The maximum atomic E-state index is 2.43. The Bertz CT molecular complexity index is 2020. The third kappa shape index (κ3) is 2.45. The highest BCUT2D eigenvalue weighted by Gasteiger charge is 2.36. The van der Waals surface area contributed by atoms with E-state index in [1.807, 2.05) is 0 Å². The molecule has 0 amide bonds. The predicted octanol–water partition coefficient (Wildman–Crippen LogP) is 9.40. The van der Waals surface area contributed by atoms with Crippen LogP contribution in [0.1, 0.15) is 25.0 Å². The number of fused-ring (bicyclic) bond motifs is 10. The van der Waals surface area contributed by atoms with E-state index in [2.05, 4.69) is 134 Å². The van der Waals surface area contributed by atoms with Gasteiger partial charge in [-0.3, -0.25) is 0 Å². The molecule has 0 fully saturated rings. The lowest BCUT2D eigenvalue weighted by molar-refractivity contribution is 0.666. The Morgan fingerprint density at radius 2 is 1.28 bits per heavy atom. The quantitative estimate of drug-likeness (QED) is 0.230. The van der Waals surface area contributed by atoms with Gasteiger partial charge in [0.2, 0.25) is 0 Å². The number of para-hydroxylation sites is 1. The van der Waals surface area contributed by atoms with E-state index >= 15 is 0 Å². The van der Waals surface area contributed by atoms with E-state index in [-0.39, 0.29) is 5.41 Å². The van der Waals surface area contributed by atoms with Crippen LogP contribution in [0.2, 0.25) is 0 Å². The molecule has 0 aliphatic heterocycles. The summed E-state index contributed by atoms with van der Waals surface area (Å²) in [5.41, 5.74) is 9.30. The standard InChI is InChI=1S/C35H25N/c1-35(2)30-13-7-5-11-25(30)27-18-17-26-28(34(27)35)19-20-32-33(26)29-12-6-8-14-31(29)36(32)24-16-15-22-9-3-4-10-23(22)21-24/h3-21H,1-2H3. The minimum atomic E-state index is -0.0319. The van der Waals surface area contributed by atoms with Crippen LogP contribution in [0.4, 0.5) is 0 Å². The van der Waals surface area contributed by atoms with Crippen LogP contribution in [0.5, 0.6) is 0 Å². The van der Waals surface area contributed by atoms with Gasteiger partial charge in [0.15, 0.2) is 0 Å². The molecule has 1 aliphatic carbocycles. The molecule has 36 heavy (non-hydrogen) atoms. The van der Waals surface area contributed by atoms with E-state index in [1.54, 1.807) is 0 Å². The monoisotopic (exact) mass is 459 g/mol. The van der Waals surface area contributed by atoms with Gasteiger partial charge in [-0.15, -0.1) is 0 Å². The fraction of sp³-hybridized carbons (Fsp3) is 0.0857. The van der Waals surface area contributed by atoms with Crippen molar-refractivity contribution in [3.8, 4) is 16.8 Å². The number of aromatic nitrogens is 1. The molecule has 0 N–H and O–H groups in total. The zero-order valence-corrected chi connectivity index (χ0v) is 20.4. The number of benzene rings is 6.